The standard InChI is InChI=1S/C10H12O/c11-7-8-4-5-9-2-1-3-10(9)6-8/h1-2,4,7,9-10H,3,5-6H2/t9-,10+/m1/s1. The second kappa shape index (κ2) is 2.65. The van der Waals surface area contributed by atoms with E-state index in [4.69, 9.17) is 0 Å². The molecule has 0 aromatic carbocycles. The Kier molecular flexibility index (Phi) is 1.65. The summed E-state index contributed by atoms with van der Waals surface area (Å²) in [5.74, 6) is 1.47. The first-order chi connectivity index (χ1) is 5.40. The van der Waals surface area contributed by atoms with Gasteiger partial charge in [-0.05, 0) is 36.7 Å². The number of rotatable bonds is 1. The molecule has 0 aliphatic heterocycles. The molecule has 0 fully saturated rings. The van der Waals surface area contributed by atoms with Crippen molar-refractivity contribution in [2.75, 3.05) is 0 Å². The van der Waals surface area contributed by atoms with Gasteiger partial charge in [0.05, 0.1) is 0 Å². The Morgan fingerprint density at radius 1 is 1.45 bits per heavy atom. The van der Waals surface area contributed by atoms with E-state index in [1.54, 1.807) is 0 Å². The highest BCUT2D eigenvalue weighted by Gasteiger charge is 2.25. The lowest BCUT2D eigenvalue weighted by molar-refractivity contribution is -0.105. The van der Waals surface area contributed by atoms with Crippen LogP contribution in [0.15, 0.2) is 23.8 Å². The van der Waals surface area contributed by atoms with Gasteiger partial charge >= 0.3 is 0 Å². The molecule has 2 aliphatic rings. The predicted molar refractivity (Wildman–Crippen MR) is 44.1 cm³/mol. The summed E-state index contributed by atoms with van der Waals surface area (Å²) in [6.07, 6.45) is 10.9. The third-order valence-corrected chi connectivity index (χ3v) is 2.73. The number of hydrogen-bond donors (Lipinski definition) is 0. The van der Waals surface area contributed by atoms with Gasteiger partial charge in [-0.25, -0.2) is 0 Å². The van der Waals surface area contributed by atoms with Gasteiger partial charge in [-0.2, -0.15) is 0 Å². The van der Waals surface area contributed by atoms with Gasteiger partial charge in [-0.1, -0.05) is 18.2 Å². The van der Waals surface area contributed by atoms with Crippen molar-refractivity contribution in [1.29, 1.82) is 0 Å². The van der Waals surface area contributed by atoms with Gasteiger partial charge in [0.2, 0.25) is 0 Å². The van der Waals surface area contributed by atoms with Gasteiger partial charge in [0, 0.05) is 0 Å². The number of hydrogen-bond acceptors (Lipinski definition) is 1. The van der Waals surface area contributed by atoms with Crippen LogP contribution in [0.25, 0.3) is 0 Å². The fourth-order valence-electron chi connectivity index (χ4n) is 2.04. The van der Waals surface area contributed by atoms with Gasteiger partial charge in [0.25, 0.3) is 0 Å². The minimum absolute atomic E-state index is 0.735. The van der Waals surface area contributed by atoms with Crippen molar-refractivity contribution in [2.24, 2.45) is 11.8 Å². The zero-order chi connectivity index (χ0) is 7.68. The van der Waals surface area contributed by atoms with Gasteiger partial charge in [0.15, 0.2) is 0 Å². The summed E-state index contributed by atoms with van der Waals surface area (Å²) < 4.78 is 0. The molecular formula is C10H12O. The summed E-state index contributed by atoms with van der Waals surface area (Å²) in [5, 5.41) is 0. The summed E-state index contributed by atoms with van der Waals surface area (Å²) >= 11 is 0. The molecule has 1 nitrogen and oxygen atoms in total. The summed E-state index contributed by atoms with van der Waals surface area (Å²) in [5.41, 5.74) is 1.01. The van der Waals surface area contributed by atoms with Crippen molar-refractivity contribution >= 4 is 6.29 Å². The largest absolute Gasteiger partial charge is 0.298 e. The lowest BCUT2D eigenvalue weighted by Gasteiger charge is -2.22. The second-order valence-electron chi connectivity index (χ2n) is 3.42. The normalized spacial score (nSPS) is 34.7. The molecule has 0 amide bonds. The number of fused-ring (bicyclic) bond motifs is 1. The Morgan fingerprint density at radius 2 is 2.36 bits per heavy atom. The van der Waals surface area contributed by atoms with Crippen LogP contribution < -0.4 is 0 Å². The van der Waals surface area contributed by atoms with Gasteiger partial charge in [-0.3, -0.25) is 4.79 Å². The number of allylic oxidation sites excluding steroid dienone is 4. The maximum atomic E-state index is 10.5. The van der Waals surface area contributed by atoms with Crippen LogP contribution >= 0.6 is 0 Å². The number of carbonyl (C=O) groups excluding carboxylic acids is 1. The van der Waals surface area contributed by atoms with Crippen molar-refractivity contribution in [3.05, 3.63) is 23.8 Å². The number of aldehydes is 1. The van der Waals surface area contributed by atoms with Crippen LogP contribution in [-0.2, 0) is 4.79 Å². The van der Waals surface area contributed by atoms with E-state index < -0.39 is 0 Å². The molecule has 1 heteroatoms. The molecule has 0 heterocycles. The maximum absolute atomic E-state index is 10.5. The van der Waals surface area contributed by atoms with Crippen molar-refractivity contribution in [3.63, 3.8) is 0 Å². The zero-order valence-electron chi connectivity index (χ0n) is 6.49. The second-order valence-corrected chi connectivity index (χ2v) is 3.42. The van der Waals surface area contributed by atoms with Crippen molar-refractivity contribution in [3.8, 4) is 0 Å². The summed E-state index contributed by atoms with van der Waals surface area (Å²) in [7, 11) is 0. The first-order valence-corrected chi connectivity index (χ1v) is 4.21. The third-order valence-electron chi connectivity index (χ3n) is 2.73. The average Bonchev–Trinajstić information content (AvgIpc) is 2.50. The average molecular weight is 148 g/mol. The fraction of sp³-hybridized carbons (Fsp3) is 0.500. The van der Waals surface area contributed by atoms with E-state index in [-0.39, 0.29) is 0 Å². The molecule has 0 unspecified atom stereocenters. The summed E-state index contributed by atoms with van der Waals surface area (Å²) in [4.78, 5) is 10.5. The molecule has 0 saturated heterocycles. The van der Waals surface area contributed by atoms with E-state index in [9.17, 15) is 4.79 Å². The molecule has 0 N–H and O–H groups in total. The van der Waals surface area contributed by atoms with Crippen LogP contribution in [0.4, 0.5) is 0 Å². The molecule has 0 saturated carbocycles. The first kappa shape index (κ1) is 6.84. The maximum Gasteiger partial charge on any atom is 0.145 e. The van der Waals surface area contributed by atoms with Crippen molar-refractivity contribution in [1.82, 2.24) is 0 Å². The lowest BCUT2D eigenvalue weighted by Crippen LogP contribution is -2.13. The lowest BCUT2D eigenvalue weighted by atomic mass is 9.82. The Bertz CT molecular complexity index is 225. The van der Waals surface area contributed by atoms with Crippen LogP contribution in [-0.4, -0.2) is 6.29 Å². The van der Waals surface area contributed by atoms with Gasteiger partial charge < -0.3 is 0 Å². The molecular weight excluding hydrogens is 136 g/mol. The van der Waals surface area contributed by atoms with Crippen molar-refractivity contribution < 1.29 is 4.79 Å². The van der Waals surface area contributed by atoms with Gasteiger partial charge in [-0.15, -0.1) is 0 Å². The zero-order valence-corrected chi connectivity index (χ0v) is 6.49. The molecule has 0 aromatic rings. The van der Waals surface area contributed by atoms with Crippen LogP contribution in [0.1, 0.15) is 19.3 Å². The SMILES string of the molecule is O=CC1=CC[C@H]2C=CC[C@H]2C1. The Hall–Kier alpha value is -0.850. The first-order valence-electron chi connectivity index (χ1n) is 4.21. The van der Waals surface area contributed by atoms with E-state index in [1.807, 2.05) is 0 Å². The summed E-state index contributed by atoms with van der Waals surface area (Å²) in [6.45, 7) is 0. The Labute approximate surface area is 66.8 Å². The minimum Gasteiger partial charge on any atom is -0.298 e. The molecule has 0 radical (unpaired) electrons. The molecule has 58 valence electrons. The van der Waals surface area contributed by atoms with Crippen LogP contribution in [0.2, 0.25) is 0 Å². The molecule has 0 spiro atoms. The van der Waals surface area contributed by atoms with E-state index >= 15 is 0 Å². The molecule has 0 bridgehead atoms. The topological polar surface area (TPSA) is 17.1 Å². The predicted octanol–water partition coefficient (Wildman–Crippen LogP) is 2.10. The third kappa shape index (κ3) is 1.15. The van der Waals surface area contributed by atoms with E-state index in [0.717, 1.165) is 36.5 Å². The highest BCUT2D eigenvalue weighted by atomic mass is 16.1. The highest BCUT2D eigenvalue weighted by Crippen LogP contribution is 2.36. The molecule has 2 atom stereocenters. The summed E-state index contributed by atoms with van der Waals surface area (Å²) in [6, 6.07) is 0. The fourth-order valence-corrected chi connectivity index (χ4v) is 2.04. The van der Waals surface area contributed by atoms with E-state index in [2.05, 4.69) is 18.2 Å². The van der Waals surface area contributed by atoms with Crippen LogP contribution in [0.5, 0.6) is 0 Å². The minimum atomic E-state index is 0.735. The molecule has 0 aromatic heterocycles. The quantitative estimate of drug-likeness (QED) is 0.411. The Balaban J connectivity index is 2.12. The Morgan fingerprint density at radius 3 is 3.18 bits per heavy atom. The van der Waals surface area contributed by atoms with Gasteiger partial charge in [0.1, 0.15) is 6.29 Å². The molecule has 2 aliphatic carbocycles. The monoisotopic (exact) mass is 148 g/mol. The smallest absolute Gasteiger partial charge is 0.145 e. The molecule has 11 heavy (non-hydrogen) atoms. The van der Waals surface area contributed by atoms with Crippen LogP contribution in [0, 0.1) is 11.8 Å². The highest BCUT2D eigenvalue weighted by molar-refractivity contribution is 5.73. The van der Waals surface area contributed by atoms with Crippen molar-refractivity contribution in [2.45, 2.75) is 19.3 Å². The number of carbonyl (C=O) groups is 1. The van der Waals surface area contributed by atoms with E-state index in [1.165, 1.54) is 6.42 Å². The van der Waals surface area contributed by atoms with Crippen LogP contribution in [0.3, 0.4) is 0 Å². The molecule has 2 rings (SSSR count). The van der Waals surface area contributed by atoms with E-state index in [0.29, 0.717) is 0 Å².